The van der Waals surface area contributed by atoms with E-state index in [1.54, 1.807) is 4.31 Å². The van der Waals surface area contributed by atoms with Gasteiger partial charge < -0.3 is 20.4 Å². The molecule has 1 aromatic carbocycles. The zero-order valence-electron chi connectivity index (χ0n) is 15.3. The molecule has 1 aliphatic heterocycles. The van der Waals surface area contributed by atoms with Crippen molar-refractivity contribution in [3.05, 3.63) is 34.2 Å². The molecular formula is C16H21BrFN7O3S. The van der Waals surface area contributed by atoms with Crippen molar-refractivity contribution in [3.63, 3.8) is 0 Å². The first kappa shape index (κ1) is 21.8. The van der Waals surface area contributed by atoms with E-state index in [0.29, 0.717) is 37.1 Å². The summed E-state index contributed by atoms with van der Waals surface area (Å²) in [5.74, 6) is 0.399. The third kappa shape index (κ3) is 5.79. The molecule has 13 heteroatoms. The van der Waals surface area contributed by atoms with E-state index in [1.165, 1.54) is 18.2 Å². The summed E-state index contributed by atoms with van der Waals surface area (Å²) in [6.45, 7) is 2.03. The molecule has 1 unspecified atom stereocenters. The lowest BCUT2D eigenvalue weighted by Crippen LogP contribution is -2.42. The lowest BCUT2D eigenvalue weighted by Gasteiger charge is -2.29. The number of rotatable bonds is 7. The molecule has 0 amide bonds. The Balaban J connectivity index is 1.55. The van der Waals surface area contributed by atoms with Crippen molar-refractivity contribution in [1.29, 1.82) is 0 Å². The van der Waals surface area contributed by atoms with Crippen molar-refractivity contribution in [2.24, 2.45) is 16.2 Å². The number of aromatic nitrogens is 2. The standard InChI is InChI=1S/C16H21BrFN7O3S/c17-12-9-11(1-2-13(12)18)21-16(22-26)14-15(24-28-23-14)20-6-3-10-4-7-25(8-5-10)29(19)27/h1-2,9-10,26H,3-8,19H2,(H,20,24)(H,21,22). The first-order valence-corrected chi connectivity index (χ1v) is 10.9. The number of nitrogens with two attached hydrogens (primary N) is 1. The fourth-order valence-electron chi connectivity index (χ4n) is 3.07. The third-order valence-corrected chi connectivity index (χ3v) is 6.15. The molecule has 2 aromatic rings. The van der Waals surface area contributed by atoms with Gasteiger partial charge in [0.2, 0.25) is 11.7 Å². The predicted octanol–water partition coefficient (Wildman–Crippen LogP) is 2.27. The van der Waals surface area contributed by atoms with Gasteiger partial charge in [-0.2, -0.15) is 0 Å². The van der Waals surface area contributed by atoms with Crippen molar-refractivity contribution < 1.29 is 18.8 Å². The summed E-state index contributed by atoms with van der Waals surface area (Å²) < 4.78 is 31.5. The molecule has 1 atom stereocenters. The van der Waals surface area contributed by atoms with Crippen LogP contribution in [0.3, 0.4) is 0 Å². The molecule has 10 nitrogen and oxygen atoms in total. The molecular weight excluding hydrogens is 469 g/mol. The van der Waals surface area contributed by atoms with Crippen LogP contribution in [0.15, 0.2) is 32.5 Å². The van der Waals surface area contributed by atoms with Crippen LogP contribution < -0.4 is 15.8 Å². The van der Waals surface area contributed by atoms with E-state index in [-0.39, 0.29) is 16.0 Å². The maximum Gasteiger partial charge on any atom is 0.203 e. The molecule has 1 aliphatic rings. The fraction of sp³-hybridized carbons (Fsp3) is 0.438. The average Bonchev–Trinajstić information content (AvgIpc) is 3.17. The van der Waals surface area contributed by atoms with Gasteiger partial charge in [-0.1, -0.05) is 5.16 Å². The van der Waals surface area contributed by atoms with E-state index in [1.807, 2.05) is 0 Å². The molecule has 2 heterocycles. The predicted molar refractivity (Wildman–Crippen MR) is 110 cm³/mol. The van der Waals surface area contributed by atoms with Crippen molar-refractivity contribution in [1.82, 2.24) is 14.6 Å². The lowest BCUT2D eigenvalue weighted by atomic mass is 9.95. The van der Waals surface area contributed by atoms with Crippen molar-refractivity contribution in [3.8, 4) is 0 Å². The number of benzene rings is 1. The lowest BCUT2D eigenvalue weighted by molar-refractivity contribution is 0.267. The van der Waals surface area contributed by atoms with Crippen LogP contribution >= 0.6 is 15.9 Å². The first-order valence-electron chi connectivity index (χ1n) is 8.90. The molecule has 158 valence electrons. The first-order chi connectivity index (χ1) is 14.0. The van der Waals surface area contributed by atoms with Gasteiger partial charge in [0.1, 0.15) is 17.4 Å². The van der Waals surface area contributed by atoms with Gasteiger partial charge in [-0.15, -0.1) is 9.44 Å². The summed E-state index contributed by atoms with van der Waals surface area (Å²) in [6.07, 6.45) is 2.71. The Morgan fingerprint density at radius 3 is 2.86 bits per heavy atom. The van der Waals surface area contributed by atoms with Gasteiger partial charge >= 0.3 is 0 Å². The number of piperidine rings is 1. The number of hydrogen-bond acceptors (Lipinski definition) is 9. The molecule has 0 radical (unpaired) electrons. The van der Waals surface area contributed by atoms with Crippen LogP contribution in [0.4, 0.5) is 15.9 Å². The molecule has 0 saturated carbocycles. The zero-order valence-corrected chi connectivity index (χ0v) is 17.7. The van der Waals surface area contributed by atoms with Gasteiger partial charge in [-0.05, 0) is 69.6 Å². The topological polar surface area (TPSA) is 148 Å². The molecule has 0 spiro atoms. The van der Waals surface area contributed by atoms with Crippen molar-refractivity contribution in [2.75, 3.05) is 30.3 Å². The van der Waals surface area contributed by atoms with Crippen LogP contribution in [0.25, 0.3) is 0 Å². The number of oxime groups is 1. The molecule has 5 N–H and O–H groups in total. The van der Waals surface area contributed by atoms with E-state index < -0.39 is 17.4 Å². The van der Waals surface area contributed by atoms with Crippen LogP contribution in [-0.2, 0) is 11.5 Å². The molecule has 1 saturated heterocycles. The number of halogens is 2. The Morgan fingerprint density at radius 1 is 1.45 bits per heavy atom. The van der Waals surface area contributed by atoms with Crippen LogP contribution in [0.2, 0.25) is 0 Å². The molecule has 3 rings (SSSR count). The van der Waals surface area contributed by atoms with E-state index in [9.17, 15) is 14.2 Å². The number of hydrogen-bond donors (Lipinski definition) is 4. The second kappa shape index (κ2) is 10.2. The third-order valence-electron chi connectivity index (χ3n) is 4.67. The highest BCUT2D eigenvalue weighted by Crippen LogP contribution is 2.23. The van der Waals surface area contributed by atoms with E-state index in [2.05, 4.69) is 42.0 Å². The number of anilines is 2. The van der Waals surface area contributed by atoms with Gasteiger partial charge in [0.05, 0.1) is 4.47 Å². The zero-order chi connectivity index (χ0) is 20.8. The highest BCUT2D eigenvalue weighted by atomic mass is 79.9. The summed E-state index contributed by atoms with van der Waals surface area (Å²) in [6, 6.07) is 4.27. The smallest absolute Gasteiger partial charge is 0.203 e. The van der Waals surface area contributed by atoms with Crippen LogP contribution in [0, 0.1) is 11.7 Å². The SMILES string of the molecule is N[S+]([O-])N1CCC(CCNc2nonc2/C(=N/O)Nc2ccc(F)c(Br)c2)CC1. The Labute approximate surface area is 178 Å². The minimum absolute atomic E-state index is 0.00555. The summed E-state index contributed by atoms with van der Waals surface area (Å²) in [5, 5.41) is 31.6. The van der Waals surface area contributed by atoms with Crippen LogP contribution in [-0.4, -0.2) is 49.8 Å². The molecule has 29 heavy (non-hydrogen) atoms. The molecule has 0 bridgehead atoms. The van der Waals surface area contributed by atoms with Crippen molar-refractivity contribution >= 4 is 44.8 Å². The fourth-order valence-corrected chi connectivity index (χ4v) is 4.02. The van der Waals surface area contributed by atoms with Crippen LogP contribution in [0.5, 0.6) is 0 Å². The van der Waals surface area contributed by atoms with Crippen molar-refractivity contribution in [2.45, 2.75) is 19.3 Å². The van der Waals surface area contributed by atoms with Crippen LogP contribution in [0.1, 0.15) is 25.0 Å². The number of amidine groups is 1. The molecule has 0 aliphatic carbocycles. The summed E-state index contributed by atoms with van der Waals surface area (Å²) in [4.78, 5) is 0. The highest BCUT2D eigenvalue weighted by Gasteiger charge is 2.25. The monoisotopic (exact) mass is 489 g/mol. The van der Waals surface area contributed by atoms with E-state index in [0.717, 1.165) is 19.3 Å². The Morgan fingerprint density at radius 2 is 2.21 bits per heavy atom. The minimum Gasteiger partial charge on any atom is -0.579 e. The molecule has 1 aromatic heterocycles. The number of nitrogens with one attached hydrogen (secondary N) is 2. The normalized spacial score (nSPS) is 17.3. The van der Waals surface area contributed by atoms with Gasteiger partial charge in [-0.25, -0.2) is 9.02 Å². The van der Waals surface area contributed by atoms with Gasteiger partial charge in [0.15, 0.2) is 5.69 Å². The average molecular weight is 490 g/mol. The van der Waals surface area contributed by atoms with Gasteiger partial charge in [-0.3, -0.25) is 0 Å². The van der Waals surface area contributed by atoms with Gasteiger partial charge in [0.25, 0.3) is 0 Å². The highest BCUT2D eigenvalue weighted by molar-refractivity contribution is 9.10. The maximum atomic E-state index is 13.4. The largest absolute Gasteiger partial charge is 0.579 e. The number of nitrogens with zero attached hydrogens (tertiary/aromatic N) is 4. The Kier molecular flexibility index (Phi) is 7.66. The second-order valence-electron chi connectivity index (χ2n) is 6.53. The second-order valence-corrected chi connectivity index (χ2v) is 8.45. The Bertz CT molecular complexity index is 846. The summed E-state index contributed by atoms with van der Waals surface area (Å²) in [5.41, 5.74) is 0.686. The summed E-state index contributed by atoms with van der Waals surface area (Å²) in [7, 11) is 0. The minimum atomic E-state index is -1.41. The van der Waals surface area contributed by atoms with E-state index >= 15 is 0 Å². The van der Waals surface area contributed by atoms with E-state index in [4.69, 9.17) is 9.77 Å². The maximum absolute atomic E-state index is 13.4. The molecule has 1 fully saturated rings. The summed E-state index contributed by atoms with van der Waals surface area (Å²) >= 11 is 1.69. The Hall–Kier alpha value is -1.93. The quantitative estimate of drug-likeness (QED) is 0.151. The van der Waals surface area contributed by atoms with Gasteiger partial charge in [0, 0.05) is 25.3 Å².